The van der Waals surface area contributed by atoms with Gasteiger partial charge in [0.1, 0.15) is 6.04 Å². The van der Waals surface area contributed by atoms with E-state index in [1.165, 1.54) is 0 Å². The minimum atomic E-state index is -5.08. The standard InChI is InChI=1S/C15H21N5O2S.C2HF3O2/c1-11-18-12(9-23-11)6-19-7-13-5-16-10-20(13)14(8-19)15(21)17-3-4-22-2;3-2(4,5)1(6)7/h5,9-10,14H,3-4,6-8H2,1-2H3,(H,17,21);(H,6,7). The number of ether oxygens (including phenoxy) is 1. The van der Waals surface area contributed by atoms with E-state index in [-0.39, 0.29) is 11.9 Å². The molecule has 0 saturated carbocycles. The molecule has 13 heteroatoms. The van der Waals surface area contributed by atoms with Crippen molar-refractivity contribution in [1.29, 1.82) is 0 Å². The maximum atomic E-state index is 12.5. The number of amides is 1. The molecule has 1 unspecified atom stereocenters. The monoisotopic (exact) mass is 449 g/mol. The number of carbonyl (C=O) groups is 2. The molecule has 166 valence electrons. The third-order valence-corrected chi connectivity index (χ3v) is 4.92. The summed E-state index contributed by atoms with van der Waals surface area (Å²) in [5.41, 5.74) is 2.11. The number of thiazole rings is 1. The van der Waals surface area contributed by atoms with Crippen molar-refractivity contribution in [3.8, 4) is 0 Å². The SMILES string of the molecule is COCCNC(=O)C1CN(Cc2csc(C)n2)Cc2cncn21.O=C(O)C(F)(F)F. The molecule has 30 heavy (non-hydrogen) atoms. The van der Waals surface area contributed by atoms with Crippen molar-refractivity contribution in [3.05, 3.63) is 34.3 Å². The summed E-state index contributed by atoms with van der Waals surface area (Å²) in [4.78, 5) is 32.3. The van der Waals surface area contributed by atoms with Crippen molar-refractivity contribution in [2.24, 2.45) is 0 Å². The number of hydrogen-bond acceptors (Lipinski definition) is 7. The molecule has 2 N–H and O–H groups in total. The minimum Gasteiger partial charge on any atom is -0.475 e. The second-order valence-corrected chi connectivity index (χ2v) is 7.48. The molecule has 0 spiro atoms. The highest BCUT2D eigenvalue weighted by atomic mass is 32.1. The van der Waals surface area contributed by atoms with Gasteiger partial charge in [0.05, 0.1) is 29.3 Å². The number of hydrogen-bond donors (Lipinski definition) is 2. The summed E-state index contributed by atoms with van der Waals surface area (Å²) >= 11 is 1.65. The summed E-state index contributed by atoms with van der Waals surface area (Å²) in [6, 6.07) is -0.266. The van der Waals surface area contributed by atoms with Gasteiger partial charge in [-0.05, 0) is 6.92 Å². The lowest BCUT2D eigenvalue weighted by Gasteiger charge is -2.33. The highest BCUT2D eigenvalue weighted by Gasteiger charge is 2.38. The van der Waals surface area contributed by atoms with E-state index in [0.29, 0.717) is 19.7 Å². The van der Waals surface area contributed by atoms with Crippen molar-refractivity contribution in [3.63, 3.8) is 0 Å². The molecule has 9 nitrogen and oxygen atoms in total. The molecule has 0 fully saturated rings. The van der Waals surface area contributed by atoms with Crippen LogP contribution in [0.2, 0.25) is 0 Å². The number of aryl methyl sites for hydroxylation is 1. The molecule has 1 amide bonds. The maximum absolute atomic E-state index is 12.5. The van der Waals surface area contributed by atoms with Gasteiger partial charge in [-0.25, -0.2) is 14.8 Å². The van der Waals surface area contributed by atoms with Crippen molar-refractivity contribution < 1.29 is 32.6 Å². The average molecular weight is 449 g/mol. The Morgan fingerprint density at radius 2 is 2.13 bits per heavy atom. The Hall–Kier alpha value is -2.51. The summed E-state index contributed by atoms with van der Waals surface area (Å²) in [5, 5.41) is 13.2. The van der Waals surface area contributed by atoms with E-state index in [0.717, 1.165) is 29.5 Å². The smallest absolute Gasteiger partial charge is 0.475 e. The van der Waals surface area contributed by atoms with E-state index in [4.69, 9.17) is 14.6 Å². The van der Waals surface area contributed by atoms with Crippen molar-refractivity contribution in [2.45, 2.75) is 32.2 Å². The first kappa shape index (κ1) is 23.8. The lowest BCUT2D eigenvalue weighted by Crippen LogP contribution is -2.44. The van der Waals surface area contributed by atoms with Crippen LogP contribution in [0.4, 0.5) is 13.2 Å². The van der Waals surface area contributed by atoms with Crippen LogP contribution in [0.15, 0.2) is 17.9 Å². The summed E-state index contributed by atoms with van der Waals surface area (Å²) in [7, 11) is 1.62. The molecule has 0 aliphatic carbocycles. The van der Waals surface area contributed by atoms with Crippen LogP contribution in [0, 0.1) is 6.92 Å². The fourth-order valence-electron chi connectivity index (χ4n) is 2.80. The Balaban J connectivity index is 0.000000396. The largest absolute Gasteiger partial charge is 0.490 e. The topological polar surface area (TPSA) is 110 Å². The number of carboxylic acids is 1. The Labute approximate surface area is 174 Å². The summed E-state index contributed by atoms with van der Waals surface area (Å²) < 4.78 is 38.7. The molecule has 2 aromatic rings. The van der Waals surface area contributed by atoms with Crippen LogP contribution in [-0.4, -0.2) is 69.4 Å². The zero-order valence-corrected chi connectivity index (χ0v) is 17.2. The third-order valence-electron chi connectivity index (χ3n) is 4.10. The first-order chi connectivity index (χ1) is 14.1. The number of carbonyl (C=O) groups excluding carboxylic acids is 1. The van der Waals surface area contributed by atoms with Gasteiger partial charge in [0.15, 0.2) is 0 Å². The van der Waals surface area contributed by atoms with Gasteiger partial charge in [0, 0.05) is 44.9 Å². The molecule has 0 saturated heterocycles. The van der Waals surface area contributed by atoms with Gasteiger partial charge < -0.3 is 19.7 Å². The second-order valence-electron chi connectivity index (χ2n) is 6.42. The van der Waals surface area contributed by atoms with E-state index in [1.807, 2.05) is 17.7 Å². The number of imidazole rings is 1. The van der Waals surface area contributed by atoms with Crippen LogP contribution in [0.1, 0.15) is 22.4 Å². The van der Waals surface area contributed by atoms with Gasteiger partial charge in [-0.15, -0.1) is 11.3 Å². The van der Waals surface area contributed by atoms with Gasteiger partial charge in [0.2, 0.25) is 5.91 Å². The van der Waals surface area contributed by atoms with E-state index >= 15 is 0 Å². The van der Waals surface area contributed by atoms with Crippen LogP contribution >= 0.6 is 11.3 Å². The Morgan fingerprint density at radius 3 is 2.70 bits per heavy atom. The lowest BCUT2D eigenvalue weighted by atomic mass is 10.1. The first-order valence-electron chi connectivity index (χ1n) is 8.82. The molecule has 3 rings (SSSR count). The normalized spacial score (nSPS) is 16.4. The van der Waals surface area contributed by atoms with Gasteiger partial charge in [0.25, 0.3) is 0 Å². The Morgan fingerprint density at radius 1 is 1.43 bits per heavy atom. The van der Waals surface area contributed by atoms with E-state index in [2.05, 4.69) is 25.6 Å². The Kier molecular flexibility index (Phi) is 8.32. The molecular weight excluding hydrogens is 427 g/mol. The third kappa shape index (κ3) is 6.78. The predicted octanol–water partition coefficient (Wildman–Crippen LogP) is 1.60. The van der Waals surface area contributed by atoms with Crippen LogP contribution in [0.5, 0.6) is 0 Å². The first-order valence-corrected chi connectivity index (χ1v) is 9.70. The van der Waals surface area contributed by atoms with Crippen molar-refractivity contribution >= 4 is 23.2 Å². The van der Waals surface area contributed by atoms with Crippen molar-refractivity contribution in [2.75, 3.05) is 26.8 Å². The zero-order valence-electron chi connectivity index (χ0n) is 16.3. The fraction of sp³-hybridized carbons (Fsp3) is 0.529. The van der Waals surface area contributed by atoms with Gasteiger partial charge in [-0.2, -0.15) is 13.2 Å². The number of rotatable bonds is 6. The van der Waals surface area contributed by atoms with Crippen LogP contribution in [0.3, 0.4) is 0 Å². The number of aliphatic carboxylic acids is 1. The molecule has 1 aliphatic rings. The lowest BCUT2D eigenvalue weighted by molar-refractivity contribution is -0.192. The zero-order chi connectivity index (χ0) is 22.3. The molecule has 0 radical (unpaired) electrons. The number of alkyl halides is 3. The quantitative estimate of drug-likeness (QED) is 0.645. The second kappa shape index (κ2) is 10.5. The highest BCUT2D eigenvalue weighted by Crippen LogP contribution is 2.23. The van der Waals surface area contributed by atoms with Crippen LogP contribution in [0.25, 0.3) is 0 Å². The van der Waals surface area contributed by atoms with Crippen LogP contribution in [-0.2, 0) is 27.4 Å². The van der Waals surface area contributed by atoms with Crippen molar-refractivity contribution in [1.82, 2.24) is 24.8 Å². The fourth-order valence-corrected chi connectivity index (χ4v) is 3.40. The molecule has 3 heterocycles. The predicted molar refractivity (Wildman–Crippen MR) is 101 cm³/mol. The molecule has 0 aromatic carbocycles. The van der Waals surface area contributed by atoms with E-state index < -0.39 is 12.1 Å². The maximum Gasteiger partial charge on any atom is 0.490 e. The Bertz CT molecular complexity index is 855. The van der Waals surface area contributed by atoms with Gasteiger partial charge in [-0.3, -0.25) is 9.69 Å². The number of aromatic nitrogens is 3. The molecule has 2 aromatic heterocycles. The molecule has 1 aliphatic heterocycles. The van der Waals surface area contributed by atoms with E-state index in [1.54, 1.807) is 24.8 Å². The average Bonchev–Trinajstić information content (AvgIpc) is 3.29. The number of fused-ring (bicyclic) bond motifs is 1. The molecular formula is C17H22F3N5O4S. The highest BCUT2D eigenvalue weighted by molar-refractivity contribution is 7.09. The number of nitrogens with one attached hydrogen (secondary N) is 1. The number of nitrogens with zero attached hydrogens (tertiary/aromatic N) is 4. The summed E-state index contributed by atoms with van der Waals surface area (Å²) in [6.45, 7) is 5.21. The van der Waals surface area contributed by atoms with Crippen LogP contribution < -0.4 is 5.32 Å². The van der Waals surface area contributed by atoms with E-state index in [9.17, 15) is 18.0 Å². The number of carboxylic acid groups (broad SMARTS) is 1. The summed E-state index contributed by atoms with van der Waals surface area (Å²) in [5.74, 6) is -2.76. The number of methoxy groups -OCH3 is 1. The van der Waals surface area contributed by atoms with Gasteiger partial charge in [-0.1, -0.05) is 0 Å². The molecule has 1 atom stereocenters. The van der Waals surface area contributed by atoms with Gasteiger partial charge >= 0.3 is 12.1 Å². The minimum absolute atomic E-state index is 0.000424. The summed E-state index contributed by atoms with van der Waals surface area (Å²) in [6.07, 6.45) is -1.52. The number of halogens is 3. The molecule has 0 bridgehead atoms.